The second-order valence-electron chi connectivity index (χ2n) is 6.40. The van der Waals surface area contributed by atoms with Gasteiger partial charge >= 0.3 is 0 Å². The summed E-state index contributed by atoms with van der Waals surface area (Å²) in [6.45, 7) is 2.86. The van der Waals surface area contributed by atoms with Crippen LogP contribution in [0.3, 0.4) is 0 Å². The molecule has 0 unspecified atom stereocenters. The molecule has 0 aliphatic rings. The van der Waals surface area contributed by atoms with Gasteiger partial charge in [0.2, 0.25) is 0 Å². The Morgan fingerprint density at radius 1 is 1.11 bits per heavy atom. The Morgan fingerprint density at radius 2 is 1.86 bits per heavy atom. The predicted octanol–water partition coefficient (Wildman–Crippen LogP) is 4.57. The highest BCUT2D eigenvalue weighted by atomic mass is 32.2. The van der Waals surface area contributed by atoms with E-state index < -0.39 is 0 Å². The summed E-state index contributed by atoms with van der Waals surface area (Å²) in [5, 5.41) is 9.77. The molecule has 4 rings (SSSR count). The molecule has 0 saturated heterocycles. The van der Waals surface area contributed by atoms with Gasteiger partial charge in [-0.3, -0.25) is 4.79 Å². The number of carbonyl (C=O) groups excluding carboxylic acids is 1. The van der Waals surface area contributed by atoms with Crippen molar-refractivity contribution in [3.63, 3.8) is 0 Å². The number of Topliss-reactive ketones (excluding diaryl/α,β-unsaturated/α-hetero) is 1. The van der Waals surface area contributed by atoms with Crippen molar-refractivity contribution in [3.05, 3.63) is 66.1 Å². The fraction of sp³-hybridized carbons (Fsp3) is 0.190. The molecule has 2 heterocycles. The van der Waals surface area contributed by atoms with Gasteiger partial charge in [-0.2, -0.15) is 0 Å². The van der Waals surface area contributed by atoms with Crippen molar-refractivity contribution in [2.45, 2.75) is 18.6 Å². The van der Waals surface area contributed by atoms with Gasteiger partial charge in [-0.1, -0.05) is 42.1 Å². The molecule has 7 heteroatoms. The zero-order valence-electron chi connectivity index (χ0n) is 15.6. The Morgan fingerprint density at radius 3 is 2.64 bits per heavy atom. The van der Waals surface area contributed by atoms with Crippen molar-refractivity contribution in [2.24, 2.45) is 7.05 Å². The number of hydrogen-bond acceptors (Lipinski definition) is 4. The SMILES string of the molecule is CCn1cc(C(=O)CSc2nnc(-c3ccccc3F)n2C)c2ccccc21. The number of aryl methyl sites for hydroxylation is 1. The minimum atomic E-state index is -0.349. The third kappa shape index (κ3) is 3.22. The van der Waals surface area contributed by atoms with Crippen molar-refractivity contribution in [2.75, 3.05) is 5.75 Å². The molecule has 0 aliphatic carbocycles. The number of thioether (sulfide) groups is 1. The molecule has 0 amide bonds. The summed E-state index contributed by atoms with van der Waals surface area (Å²) in [7, 11) is 1.78. The first kappa shape index (κ1) is 18.4. The van der Waals surface area contributed by atoms with Gasteiger partial charge in [0.1, 0.15) is 5.82 Å². The molecule has 2 aromatic carbocycles. The van der Waals surface area contributed by atoms with E-state index in [1.165, 1.54) is 17.8 Å². The third-order valence-corrected chi connectivity index (χ3v) is 5.73. The molecule has 0 fully saturated rings. The van der Waals surface area contributed by atoms with Gasteiger partial charge in [-0.25, -0.2) is 4.39 Å². The van der Waals surface area contributed by atoms with Crippen molar-refractivity contribution in [3.8, 4) is 11.4 Å². The summed E-state index contributed by atoms with van der Waals surface area (Å²) in [5.74, 6) is 0.360. The van der Waals surface area contributed by atoms with Gasteiger partial charge in [-0.15, -0.1) is 10.2 Å². The van der Waals surface area contributed by atoms with Crippen molar-refractivity contribution in [1.82, 2.24) is 19.3 Å². The lowest BCUT2D eigenvalue weighted by Crippen LogP contribution is -2.04. The van der Waals surface area contributed by atoms with E-state index in [4.69, 9.17) is 0 Å². The number of para-hydroxylation sites is 1. The molecule has 0 bridgehead atoms. The average Bonchev–Trinajstić information content (AvgIpc) is 3.27. The fourth-order valence-electron chi connectivity index (χ4n) is 3.26. The third-order valence-electron chi connectivity index (χ3n) is 4.71. The maximum absolute atomic E-state index is 14.0. The summed E-state index contributed by atoms with van der Waals surface area (Å²) in [6.07, 6.45) is 1.91. The standard InChI is InChI=1S/C21H19FN4OS/c1-3-26-12-16(14-8-5-7-11-18(14)26)19(27)13-28-21-24-23-20(25(21)2)15-9-4-6-10-17(15)22/h4-12H,3,13H2,1-2H3. The van der Waals surface area contributed by atoms with E-state index in [9.17, 15) is 9.18 Å². The van der Waals surface area contributed by atoms with E-state index >= 15 is 0 Å². The first-order valence-electron chi connectivity index (χ1n) is 8.98. The average molecular weight is 394 g/mol. The van der Waals surface area contributed by atoms with Crippen molar-refractivity contribution < 1.29 is 9.18 Å². The van der Waals surface area contributed by atoms with E-state index in [0.717, 1.165) is 17.4 Å². The fourth-order valence-corrected chi connectivity index (χ4v) is 4.05. The number of benzene rings is 2. The first-order valence-corrected chi connectivity index (χ1v) is 9.97. The Labute approximate surface area is 166 Å². The molecule has 0 N–H and O–H groups in total. The number of nitrogens with zero attached hydrogens (tertiary/aromatic N) is 4. The van der Waals surface area contributed by atoms with Crippen molar-refractivity contribution >= 4 is 28.4 Å². The van der Waals surface area contributed by atoms with Gasteiger partial charge < -0.3 is 9.13 Å². The second kappa shape index (κ2) is 7.59. The van der Waals surface area contributed by atoms with Gasteiger partial charge in [0, 0.05) is 36.3 Å². The maximum atomic E-state index is 14.0. The van der Waals surface area contributed by atoms with E-state index in [2.05, 4.69) is 21.7 Å². The normalized spacial score (nSPS) is 11.2. The van der Waals surface area contributed by atoms with Crippen LogP contribution in [-0.2, 0) is 13.6 Å². The number of hydrogen-bond donors (Lipinski definition) is 0. The molecule has 0 atom stereocenters. The zero-order chi connectivity index (χ0) is 19.7. The van der Waals surface area contributed by atoms with Gasteiger partial charge in [-0.05, 0) is 25.1 Å². The van der Waals surface area contributed by atoms with Crippen LogP contribution in [0.5, 0.6) is 0 Å². The molecule has 28 heavy (non-hydrogen) atoms. The Kier molecular flexibility index (Phi) is 5.00. The quantitative estimate of drug-likeness (QED) is 0.355. The highest BCUT2D eigenvalue weighted by Crippen LogP contribution is 2.27. The van der Waals surface area contributed by atoms with Crippen LogP contribution in [0.15, 0.2) is 59.9 Å². The summed E-state index contributed by atoms with van der Waals surface area (Å²) < 4.78 is 17.8. The number of aromatic nitrogens is 4. The monoisotopic (exact) mass is 394 g/mol. The summed E-state index contributed by atoms with van der Waals surface area (Å²) in [6, 6.07) is 14.4. The Bertz CT molecular complexity index is 1160. The minimum absolute atomic E-state index is 0.0313. The van der Waals surface area contributed by atoms with Crippen LogP contribution < -0.4 is 0 Å². The smallest absolute Gasteiger partial charge is 0.191 e. The van der Waals surface area contributed by atoms with Gasteiger partial charge in [0.15, 0.2) is 16.8 Å². The van der Waals surface area contributed by atoms with Crippen LogP contribution >= 0.6 is 11.8 Å². The maximum Gasteiger partial charge on any atom is 0.191 e. The lowest BCUT2D eigenvalue weighted by molar-refractivity contribution is 0.102. The van der Waals surface area contributed by atoms with E-state index in [0.29, 0.717) is 22.1 Å². The molecular formula is C21H19FN4OS. The largest absolute Gasteiger partial charge is 0.347 e. The molecule has 4 aromatic rings. The van der Waals surface area contributed by atoms with Crippen molar-refractivity contribution in [1.29, 1.82) is 0 Å². The molecule has 0 spiro atoms. The molecule has 0 saturated carbocycles. The summed E-state index contributed by atoms with van der Waals surface area (Å²) >= 11 is 1.30. The Hall–Kier alpha value is -2.93. The highest BCUT2D eigenvalue weighted by Gasteiger charge is 2.18. The Balaban J connectivity index is 1.56. The molecule has 142 valence electrons. The van der Waals surface area contributed by atoms with Gasteiger partial charge in [0.25, 0.3) is 0 Å². The lowest BCUT2D eigenvalue weighted by atomic mass is 10.1. The number of rotatable bonds is 6. The number of carbonyl (C=O) groups is 1. The van der Waals surface area contributed by atoms with Crippen LogP contribution in [0.1, 0.15) is 17.3 Å². The van der Waals surface area contributed by atoms with Crippen LogP contribution in [0.25, 0.3) is 22.3 Å². The van der Waals surface area contributed by atoms with Crippen LogP contribution in [0.4, 0.5) is 4.39 Å². The molecular weight excluding hydrogens is 375 g/mol. The molecule has 5 nitrogen and oxygen atoms in total. The molecule has 2 aromatic heterocycles. The van der Waals surface area contributed by atoms with E-state index in [1.54, 1.807) is 29.8 Å². The van der Waals surface area contributed by atoms with Gasteiger partial charge in [0.05, 0.1) is 11.3 Å². The zero-order valence-corrected chi connectivity index (χ0v) is 16.4. The number of fused-ring (bicyclic) bond motifs is 1. The summed E-state index contributed by atoms with van der Waals surface area (Å²) in [5.41, 5.74) is 2.15. The number of ketones is 1. The van der Waals surface area contributed by atoms with Crippen LogP contribution in [-0.4, -0.2) is 30.9 Å². The van der Waals surface area contributed by atoms with E-state index in [1.807, 2.05) is 30.5 Å². The predicted molar refractivity (Wildman–Crippen MR) is 109 cm³/mol. The first-order chi connectivity index (χ1) is 13.6. The highest BCUT2D eigenvalue weighted by molar-refractivity contribution is 7.99. The van der Waals surface area contributed by atoms with Crippen LogP contribution in [0.2, 0.25) is 0 Å². The minimum Gasteiger partial charge on any atom is -0.347 e. The van der Waals surface area contributed by atoms with Crippen LogP contribution in [0, 0.1) is 5.82 Å². The molecule has 0 aliphatic heterocycles. The summed E-state index contributed by atoms with van der Waals surface area (Å²) in [4.78, 5) is 12.9. The molecule has 0 radical (unpaired) electrons. The second-order valence-corrected chi connectivity index (χ2v) is 7.35. The lowest BCUT2D eigenvalue weighted by Gasteiger charge is -2.04. The van der Waals surface area contributed by atoms with E-state index in [-0.39, 0.29) is 17.4 Å². The topological polar surface area (TPSA) is 52.7 Å². The number of halogens is 1.